The molecular formula is C17H26N2O. The molecule has 1 aromatic rings. The molecule has 1 saturated carbocycles. The van der Waals surface area contributed by atoms with E-state index < -0.39 is 0 Å². The zero-order valence-corrected chi connectivity index (χ0v) is 12.8. The van der Waals surface area contributed by atoms with Crippen LogP contribution in [0.3, 0.4) is 0 Å². The number of methoxy groups -OCH3 is 1. The molecule has 3 nitrogen and oxygen atoms in total. The van der Waals surface area contributed by atoms with Gasteiger partial charge in [-0.1, -0.05) is 24.6 Å². The maximum atomic E-state index is 5.48. The van der Waals surface area contributed by atoms with Gasteiger partial charge in [-0.05, 0) is 50.6 Å². The number of benzene rings is 1. The first-order valence-electron chi connectivity index (χ1n) is 7.76. The number of hydrogen-bond acceptors (Lipinski definition) is 3. The number of rotatable bonds is 4. The van der Waals surface area contributed by atoms with Crippen LogP contribution in [0.4, 0.5) is 0 Å². The van der Waals surface area contributed by atoms with Crippen molar-refractivity contribution in [3.05, 3.63) is 29.3 Å². The van der Waals surface area contributed by atoms with E-state index in [1.807, 2.05) is 0 Å². The van der Waals surface area contributed by atoms with E-state index in [1.54, 1.807) is 7.11 Å². The topological polar surface area (TPSA) is 33.3 Å². The van der Waals surface area contributed by atoms with Gasteiger partial charge in [-0.3, -0.25) is 10.6 Å². The van der Waals surface area contributed by atoms with Gasteiger partial charge in [0.05, 0.1) is 12.8 Å². The average molecular weight is 274 g/mol. The summed E-state index contributed by atoms with van der Waals surface area (Å²) in [5.41, 5.74) is 2.68. The fraction of sp³-hybridized carbons (Fsp3) is 0.647. The molecule has 2 bridgehead atoms. The van der Waals surface area contributed by atoms with Gasteiger partial charge in [-0.15, -0.1) is 0 Å². The van der Waals surface area contributed by atoms with Crippen molar-refractivity contribution in [3.8, 4) is 5.75 Å². The Balaban J connectivity index is 1.74. The van der Waals surface area contributed by atoms with Crippen LogP contribution >= 0.6 is 0 Å². The molecule has 110 valence electrons. The Morgan fingerprint density at radius 2 is 2.30 bits per heavy atom. The van der Waals surface area contributed by atoms with Gasteiger partial charge < -0.3 is 4.74 Å². The Morgan fingerprint density at radius 1 is 1.45 bits per heavy atom. The summed E-state index contributed by atoms with van der Waals surface area (Å²) in [6.07, 6.45) is 3.95. The van der Waals surface area contributed by atoms with Gasteiger partial charge in [0.1, 0.15) is 5.75 Å². The number of aryl methyl sites for hydroxylation is 1. The fourth-order valence-corrected chi connectivity index (χ4v) is 4.01. The van der Waals surface area contributed by atoms with E-state index in [1.165, 1.54) is 30.4 Å². The van der Waals surface area contributed by atoms with Crippen molar-refractivity contribution in [2.75, 3.05) is 13.7 Å². The number of ether oxygens (including phenoxy) is 1. The Kier molecular flexibility index (Phi) is 3.74. The summed E-state index contributed by atoms with van der Waals surface area (Å²) in [4.78, 5) is 0. The third kappa shape index (κ3) is 2.45. The van der Waals surface area contributed by atoms with E-state index in [4.69, 9.17) is 4.74 Å². The van der Waals surface area contributed by atoms with Crippen LogP contribution in [-0.4, -0.2) is 19.3 Å². The van der Waals surface area contributed by atoms with Gasteiger partial charge in [0.15, 0.2) is 0 Å². The maximum absolute atomic E-state index is 5.48. The van der Waals surface area contributed by atoms with Crippen molar-refractivity contribution in [2.45, 2.75) is 45.3 Å². The van der Waals surface area contributed by atoms with Gasteiger partial charge >= 0.3 is 0 Å². The smallest absolute Gasteiger partial charge is 0.123 e. The lowest BCUT2D eigenvalue weighted by Gasteiger charge is -2.39. The van der Waals surface area contributed by atoms with E-state index in [0.717, 1.165) is 24.8 Å². The molecule has 1 aliphatic carbocycles. The monoisotopic (exact) mass is 274 g/mol. The molecule has 20 heavy (non-hydrogen) atoms. The van der Waals surface area contributed by atoms with Crippen LogP contribution in [0.25, 0.3) is 0 Å². The second-order valence-electron chi connectivity index (χ2n) is 6.56. The predicted octanol–water partition coefficient (Wildman–Crippen LogP) is 2.83. The molecule has 0 spiro atoms. The Hall–Kier alpha value is -1.06. The predicted molar refractivity (Wildman–Crippen MR) is 81.8 cm³/mol. The minimum atomic E-state index is 0.137. The number of fused-ring (bicyclic) bond motifs is 2. The van der Waals surface area contributed by atoms with Crippen molar-refractivity contribution in [1.82, 2.24) is 10.6 Å². The summed E-state index contributed by atoms with van der Waals surface area (Å²) in [5.74, 6) is 2.58. The molecular weight excluding hydrogens is 248 g/mol. The van der Waals surface area contributed by atoms with Crippen molar-refractivity contribution < 1.29 is 4.74 Å². The van der Waals surface area contributed by atoms with E-state index in [-0.39, 0.29) is 5.66 Å². The van der Waals surface area contributed by atoms with Crippen molar-refractivity contribution in [2.24, 2.45) is 11.8 Å². The highest BCUT2D eigenvalue weighted by atomic mass is 16.5. The lowest BCUT2D eigenvalue weighted by atomic mass is 9.94. The van der Waals surface area contributed by atoms with Crippen molar-refractivity contribution in [3.63, 3.8) is 0 Å². The van der Waals surface area contributed by atoms with Crippen LogP contribution in [0.5, 0.6) is 5.75 Å². The van der Waals surface area contributed by atoms with Gasteiger partial charge in [0.25, 0.3) is 0 Å². The minimum absolute atomic E-state index is 0.137. The SMILES string of the molecule is COc1ccc(C)cc1CNC12CC(CCN1)CC2C. The van der Waals surface area contributed by atoms with Crippen LogP contribution < -0.4 is 15.4 Å². The molecule has 2 N–H and O–H groups in total. The fourth-order valence-electron chi connectivity index (χ4n) is 4.01. The van der Waals surface area contributed by atoms with Crippen molar-refractivity contribution >= 4 is 0 Å². The number of nitrogens with one attached hydrogen (secondary N) is 2. The van der Waals surface area contributed by atoms with Crippen LogP contribution in [0.15, 0.2) is 18.2 Å². The Morgan fingerprint density at radius 3 is 3.10 bits per heavy atom. The molecule has 3 unspecified atom stereocenters. The first kappa shape index (κ1) is 13.9. The van der Waals surface area contributed by atoms with Gasteiger partial charge in [0, 0.05) is 12.1 Å². The van der Waals surface area contributed by atoms with E-state index in [9.17, 15) is 0 Å². The highest BCUT2D eigenvalue weighted by Crippen LogP contribution is 2.42. The summed E-state index contributed by atoms with van der Waals surface area (Å²) in [6, 6.07) is 6.40. The van der Waals surface area contributed by atoms with Crippen LogP contribution in [0.2, 0.25) is 0 Å². The molecule has 2 fully saturated rings. The third-order valence-electron chi connectivity index (χ3n) is 5.16. The van der Waals surface area contributed by atoms with E-state index in [0.29, 0.717) is 5.92 Å². The Labute approximate surface area is 122 Å². The molecule has 1 aliphatic heterocycles. The second kappa shape index (κ2) is 5.38. The summed E-state index contributed by atoms with van der Waals surface area (Å²) in [6.45, 7) is 6.52. The second-order valence-corrected chi connectivity index (χ2v) is 6.56. The molecule has 0 amide bonds. The molecule has 3 rings (SSSR count). The zero-order chi connectivity index (χ0) is 14.2. The third-order valence-corrected chi connectivity index (χ3v) is 5.16. The summed E-state index contributed by atoms with van der Waals surface area (Å²) >= 11 is 0. The highest BCUT2D eigenvalue weighted by Gasteiger charge is 2.46. The average Bonchev–Trinajstić information content (AvgIpc) is 2.66. The standard InChI is InChI=1S/C17H26N2O/c1-12-4-5-16(20-3)15(8-12)11-19-17-10-14(6-7-18-17)9-13(17)2/h4-5,8,13-14,18-19H,6-7,9-11H2,1-3H3. The molecule has 1 heterocycles. The summed E-state index contributed by atoms with van der Waals surface area (Å²) in [7, 11) is 1.75. The molecule has 0 radical (unpaired) electrons. The Bertz CT molecular complexity index is 488. The maximum Gasteiger partial charge on any atom is 0.123 e. The summed E-state index contributed by atoms with van der Waals surface area (Å²) in [5, 5.41) is 7.55. The largest absolute Gasteiger partial charge is 0.496 e. The number of hydrogen-bond donors (Lipinski definition) is 2. The van der Waals surface area contributed by atoms with Gasteiger partial charge in [-0.25, -0.2) is 0 Å². The molecule has 3 heteroatoms. The summed E-state index contributed by atoms with van der Waals surface area (Å²) < 4.78 is 5.48. The van der Waals surface area contributed by atoms with Crippen LogP contribution in [0.1, 0.15) is 37.3 Å². The lowest BCUT2D eigenvalue weighted by Crippen LogP contribution is -2.60. The van der Waals surface area contributed by atoms with E-state index >= 15 is 0 Å². The molecule has 0 aromatic heterocycles. The van der Waals surface area contributed by atoms with Crippen LogP contribution in [0, 0.1) is 18.8 Å². The molecule has 1 aromatic carbocycles. The van der Waals surface area contributed by atoms with E-state index in [2.05, 4.69) is 42.7 Å². The molecule has 2 aliphatic rings. The molecule has 1 saturated heterocycles. The van der Waals surface area contributed by atoms with Crippen LogP contribution in [-0.2, 0) is 6.54 Å². The quantitative estimate of drug-likeness (QED) is 0.886. The van der Waals surface area contributed by atoms with Gasteiger partial charge in [-0.2, -0.15) is 0 Å². The minimum Gasteiger partial charge on any atom is -0.496 e. The zero-order valence-electron chi connectivity index (χ0n) is 12.8. The normalized spacial score (nSPS) is 32.4. The number of piperidine rings is 1. The highest BCUT2D eigenvalue weighted by molar-refractivity contribution is 5.36. The van der Waals surface area contributed by atoms with Crippen molar-refractivity contribution in [1.29, 1.82) is 0 Å². The first-order valence-corrected chi connectivity index (χ1v) is 7.76. The first-order chi connectivity index (χ1) is 9.63. The molecule has 3 atom stereocenters. The van der Waals surface area contributed by atoms with Gasteiger partial charge in [0.2, 0.25) is 0 Å². The lowest BCUT2D eigenvalue weighted by molar-refractivity contribution is 0.176.